The number of thioether (sulfide) groups is 1. The lowest BCUT2D eigenvalue weighted by atomic mass is 10.2. The van der Waals surface area contributed by atoms with E-state index in [4.69, 9.17) is 0 Å². The van der Waals surface area contributed by atoms with Crippen LogP contribution in [0.5, 0.6) is 0 Å². The molecule has 7 nitrogen and oxygen atoms in total. The fraction of sp³-hybridized carbons (Fsp3) is 0.105. The molecule has 0 saturated carbocycles. The Balaban J connectivity index is 1.46. The molecule has 0 fully saturated rings. The van der Waals surface area contributed by atoms with E-state index in [-0.39, 0.29) is 17.5 Å². The summed E-state index contributed by atoms with van der Waals surface area (Å²) in [4.78, 5) is 20.6. The van der Waals surface area contributed by atoms with E-state index in [0.29, 0.717) is 28.4 Å². The molecule has 0 aliphatic rings. The molecule has 1 N–H and O–H groups in total. The molecular weight excluding hydrogens is 379 g/mol. The molecule has 0 atom stereocenters. The van der Waals surface area contributed by atoms with Crippen molar-refractivity contribution in [3.05, 3.63) is 72.3 Å². The molecule has 1 amide bonds. The number of benzene rings is 2. The largest absolute Gasteiger partial charge is 0.351 e. The maximum atomic E-state index is 13.1. The highest BCUT2D eigenvalue weighted by molar-refractivity contribution is 8.00. The third kappa shape index (κ3) is 3.99. The molecule has 2 aromatic carbocycles. The summed E-state index contributed by atoms with van der Waals surface area (Å²) < 4.78 is 14.7. The van der Waals surface area contributed by atoms with Crippen molar-refractivity contribution in [2.24, 2.45) is 0 Å². The van der Waals surface area contributed by atoms with E-state index in [0.717, 1.165) is 5.56 Å². The maximum Gasteiger partial charge on any atom is 0.230 e. The molecule has 9 heteroatoms. The van der Waals surface area contributed by atoms with E-state index in [1.165, 1.54) is 34.9 Å². The Hall–Kier alpha value is -3.33. The van der Waals surface area contributed by atoms with Gasteiger partial charge in [-0.25, -0.2) is 14.4 Å². The van der Waals surface area contributed by atoms with Gasteiger partial charge in [0.25, 0.3) is 0 Å². The smallest absolute Gasteiger partial charge is 0.230 e. The zero-order valence-corrected chi connectivity index (χ0v) is 15.4. The molecule has 0 radical (unpaired) electrons. The van der Waals surface area contributed by atoms with Gasteiger partial charge in [-0.05, 0) is 29.8 Å². The highest BCUT2D eigenvalue weighted by atomic mass is 32.2. The van der Waals surface area contributed by atoms with Crippen molar-refractivity contribution >= 4 is 28.8 Å². The van der Waals surface area contributed by atoms with Crippen LogP contribution in [0.2, 0.25) is 0 Å². The Morgan fingerprint density at radius 2 is 1.86 bits per heavy atom. The van der Waals surface area contributed by atoms with Crippen LogP contribution in [-0.2, 0) is 11.3 Å². The van der Waals surface area contributed by atoms with Crippen LogP contribution >= 0.6 is 11.8 Å². The normalized spacial score (nSPS) is 10.9. The van der Waals surface area contributed by atoms with E-state index in [1.807, 2.05) is 30.3 Å². The molecule has 140 valence electrons. The molecule has 4 aromatic rings. The zero-order valence-electron chi connectivity index (χ0n) is 14.6. The van der Waals surface area contributed by atoms with Crippen LogP contribution in [0, 0.1) is 5.82 Å². The number of amides is 1. The van der Waals surface area contributed by atoms with Gasteiger partial charge in [0.1, 0.15) is 17.2 Å². The molecule has 28 heavy (non-hydrogen) atoms. The van der Waals surface area contributed by atoms with Crippen molar-refractivity contribution in [2.45, 2.75) is 11.6 Å². The molecule has 0 spiro atoms. The first-order chi connectivity index (χ1) is 13.7. The highest BCUT2D eigenvalue weighted by Crippen LogP contribution is 2.23. The number of carbonyl (C=O) groups is 1. The Kier molecular flexibility index (Phi) is 5.24. The van der Waals surface area contributed by atoms with Crippen LogP contribution in [0.3, 0.4) is 0 Å². The van der Waals surface area contributed by atoms with Gasteiger partial charge in [0.05, 0.1) is 11.4 Å². The average Bonchev–Trinajstić information content (AvgIpc) is 3.17. The Morgan fingerprint density at radius 3 is 2.64 bits per heavy atom. The van der Waals surface area contributed by atoms with Crippen LogP contribution in [0.4, 0.5) is 4.39 Å². The van der Waals surface area contributed by atoms with E-state index >= 15 is 0 Å². The second kappa shape index (κ2) is 8.13. The van der Waals surface area contributed by atoms with Crippen molar-refractivity contribution in [3.8, 4) is 5.69 Å². The lowest BCUT2D eigenvalue weighted by Gasteiger charge is -2.05. The van der Waals surface area contributed by atoms with Gasteiger partial charge in [-0.15, -0.1) is 5.10 Å². The standard InChI is InChI=1S/C19H15FN6OS/c20-14-6-8-15(9-7-14)26-18-17(24-25-26)19(23-12-22-18)28-11-16(27)21-10-13-4-2-1-3-5-13/h1-9,12H,10-11H2,(H,21,27). The fourth-order valence-electron chi connectivity index (χ4n) is 2.57. The maximum absolute atomic E-state index is 13.1. The van der Waals surface area contributed by atoms with Gasteiger partial charge in [-0.1, -0.05) is 47.3 Å². The van der Waals surface area contributed by atoms with Crippen molar-refractivity contribution in [1.29, 1.82) is 0 Å². The third-order valence-electron chi connectivity index (χ3n) is 3.95. The molecule has 4 rings (SSSR count). The molecule has 0 unspecified atom stereocenters. The summed E-state index contributed by atoms with van der Waals surface area (Å²) in [6.07, 6.45) is 1.40. The van der Waals surface area contributed by atoms with Crippen molar-refractivity contribution in [3.63, 3.8) is 0 Å². The van der Waals surface area contributed by atoms with E-state index in [9.17, 15) is 9.18 Å². The first-order valence-corrected chi connectivity index (χ1v) is 9.45. The van der Waals surface area contributed by atoms with Crippen molar-refractivity contribution < 1.29 is 9.18 Å². The summed E-state index contributed by atoms with van der Waals surface area (Å²) in [5, 5.41) is 11.7. The molecule has 0 bridgehead atoms. The molecule has 2 heterocycles. The predicted octanol–water partition coefficient (Wildman–Crippen LogP) is 2.76. The zero-order chi connectivity index (χ0) is 19.3. The molecule has 0 aliphatic carbocycles. The minimum Gasteiger partial charge on any atom is -0.351 e. The van der Waals surface area contributed by atoms with Gasteiger partial charge >= 0.3 is 0 Å². The monoisotopic (exact) mass is 394 g/mol. The molecule has 0 aliphatic heterocycles. The first-order valence-electron chi connectivity index (χ1n) is 8.46. The molecule has 2 aromatic heterocycles. The van der Waals surface area contributed by atoms with Gasteiger partial charge in [0.15, 0.2) is 11.2 Å². The lowest BCUT2D eigenvalue weighted by molar-refractivity contribution is -0.118. The predicted molar refractivity (Wildman–Crippen MR) is 103 cm³/mol. The molecule has 0 saturated heterocycles. The summed E-state index contributed by atoms with van der Waals surface area (Å²) in [6.45, 7) is 0.472. The van der Waals surface area contributed by atoms with E-state index in [2.05, 4.69) is 25.6 Å². The van der Waals surface area contributed by atoms with E-state index in [1.54, 1.807) is 12.1 Å². The minimum absolute atomic E-state index is 0.105. The van der Waals surface area contributed by atoms with Crippen LogP contribution in [0.25, 0.3) is 16.9 Å². The van der Waals surface area contributed by atoms with Gasteiger partial charge in [0, 0.05) is 6.54 Å². The Bertz CT molecular complexity index is 1100. The molecular formula is C19H15FN6OS. The van der Waals surface area contributed by atoms with Gasteiger partial charge in [-0.2, -0.15) is 4.68 Å². The number of hydrogen-bond acceptors (Lipinski definition) is 6. The van der Waals surface area contributed by atoms with Gasteiger partial charge in [-0.3, -0.25) is 4.79 Å². The second-order valence-electron chi connectivity index (χ2n) is 5.88. The fourth-order valence-corrected chi connectivity index (χ4v) is 3.33. The van der Waals surface area contributed by atoms with Gasteiger partial charge in [0.2, 0.25) is 5.91 Å². The Labute approximate surface area is 164 Å². The number of aromatic nitrogens is 5. The topological polar surface area (TPSA) is 85.6 Å². The summed E-state index contributed by atoms with van der Waals surface area (Å²) in [6, 6.07) is 15.6. The summed E-state index contributed by atoms with van der Waals surface area (Å²) >= 11 is 1.27. The highest BCUT2D eigenvalue weighted by Gasteiger charge is 2.14. The number of nitrogens with one attached hydrogen (secondary N) is 1. The quantitative estimate of drug-likeness (QED) is 0.400. The van der Waals surface area contributed by atoms with Gasteiger partial charge < -0.3 is 5.32 Å². The second-order valence-corrected chi connectivity index (χ2v) is 6.84. The number of rotatable bonds is 6. The van der Waals surface area contributed by atoms with Crippen LogP contribution < -0.4 is 5.32 Å². The Morgan fingerprint density at radius 1 is 1.07 bits per heavy atom. The lowest BCUT2D eigenvalue weighted by Crippen LogP contribution is -2.24. The number of nitrogens with zero attached hydrogens (tertiary/aromatic N) is 5. The SMILES string of the molecule is O=C(CSc1ncnc2c1nnn2-c1ccc(F)cc1)NCc1ccccc1. The van der Waals surface area contributed by atoms with Crippen LogP contribution in [-0.4, -0.2) is 36.6 Å². The van der Waals surface area contributed by atoms with Crippen LogP contribution in [0.15, 0.2) is 66.0 Å². The van der Waals surface area contributed by atoms with E-state index < -0.39 is 0 Å². The summed E-state index contributed by atoms with van der Waals surface area (Å²) in [5.74, 6) is -0.241. The van der Waals surface area contributed by atoms with Crippen molar-refractivity contribution in [1.82, 2.24) is 30.3 Å². The average molecular weight is 394 g/mol. The van der Waals surface area contributed by atoms with Crippen molar-refractivity contribution in [2.75, 3.05) is 5.75 Å². The number of halogens is 1. The summed E-state index contributed by atoms with van der Waals surface area (Å²) in [7, 11) is 0. The summed E-state index contributed by atoms with van der Waals surface area (Å²) in [5.41, 5.74) is 2.66. The number of hydrogen-bond donors (Lipinski definition) is 1. The van der Waals surface area contributed by atoms with Crippen LogP contribution in [0.1, 0.15) is 5.56 Å². The first kappa shape index (κ1) is 18.1. The number of carbonyl (C=O) groups excluding carboxylic acids is 1. The number of fused-ring (bicyclic) bond motifs is 1. The minimum atomic E-state index is -0.333. The third-order valence-corrected chi connectivity index (χ3v) is 4.93.